The average Bonchev–Trinajstić information content (AvgIpc) is 3.34. The Bertz CT molecular complexity index is 956. The van der Waals surface area contributed by atoms with Crippen molar-refractivity contribution in [2.75, 3.05) is 5.75 Å². The van der Waals surface area contributed by atoms with Crippen LogP contribution in [0.4, 0.5) is 4.79 Å². The molecule has 0 saturated heterocycles. The molecular weight excluding hydrogens is 414 g/mol. The molecule has 8 heteroatoms. The zero-order valence-electron chi connectivity index (χ0n) is 18.0. The normalized spacial score (nSPS) is 12.9. The van der Waals surface area contributed by atoms with Gasteiger partial charge in [0.1, 0.15) is 10.7 Å². The van der Waals surface area contributed by atoms with Crippen LogP contribution in [-0.2, 0) is 6.54 Å². The molecule has 30 heavy (non-hydrogen) atoms. The number of carbonyl (C=O) groups is 1. The quantitative estimate of drug-likeness (QED) is 0.494. The van der Waals surface area contributed by atoms with E-state index in [1.807, 2.05) is 64.3 Å². The fourth-order valence-electron chi connectivity index (χ4n) is 2.51. The lowest BCUT2D eigenvalue weighted by atomic mass is 10.1. The number of hydrogen-bond donors (Lipinski definition) is 0. The standard InChI is InChI=1S/C18H15N5OS2.2C2H6/c1-12-8-20-16(21-9-12)14-4-2-3-13(7-14)10-23-18(24)26-11-15(22-23)17-19-5-6-25-17;2*1-2/h2-9H,10-11H2,1H3;2*1-2H3. The Morgan fingerprint density at radius 1 is 1.07 bits per heavy atom. The van der Waals surface area contributed by atoms with E-state index in [0.717, 1.165) is 27.4 Å². The van der Waals surface area contributed by atoms with Crippen LogP contribution in [0.2, 0.25) is 0 Å². The van der Waals surface area contributed by atoms with Crippen LogP contribution >= 0.6 is 23.1 Å². The maximum atomic E-state index is 12.2. The number of thioether (sulfide) groups is 1. The molecule has 1 aromatic carbocycles. The SMILES string of the molecule is CC.CC.Cc1cnc(-c2cccc(CN3N=C(c4nccs4)CSC3=O)c2)nc1. The number of rotatable bonds is 4. The third kappa shape index (κ3) is 6.21. The molecule has 0 radical (unpaired) electrons. The molecule has 0 fully saturated rings. The summed E-state index contributed by atoms with van der Waals surface area (Å²) in [5.74, 6) is 1.23. The van der Waals surface area contributed by atoms with E-state index in [1.54, 1.807) is 18.6 Å². The van der Waals surface area contributed by atoms with E-state index in [1.165, 1.54) is 28.1 Å². The van der Waals surface area contributed by atoms with Gasteiger partial charge in [-0.3, -0.25) is 4.79 Å². The van der Waals surface area contributed by atoms with Crippen molar-refractivity contribution in [3.05, 3.63) is 64.4 Å². The molecule has 0 spiro atoms. The van der Waals surface area contributed by atoms with Crippen LogP contribution in [0.1, 0.15) is 43.8 Å². The highest BCUT2D eigenvalue weighted by atomic mass is 32.2. The number of hydrogen-bond acceptors (Lipinski definition) is 7. The maximum absolute atomic E-state index is 12.2. The molecule has 0 atom stereocenters. The Balaban J connectivity index is 0.000000757. The summed E-state index contributed by atoms with van der Waals surface area (Å²) in [5, 5.41) is 8.73. The van der Waals surface area contributed by atoms with Crippen molar-refractivity contribution in [2.45, 2.75) is 41.2 Å². The van der Waals surface area contributed by atoms with Gasteiger partial charge < -0.3 is 0 Å². The molecule has 1 amide bonds. The fraction of sp³-hybridized carbons (Fsp3) is 0.318. The number of aromatic nitrogens is 3. The van der Waals surface area contributed by atoms with Gasteiger partial charge in [0.25, 0.3) is 0 Å². The average molecular weight is 442 g/mol. The number of thiazole rings is 1. The van der Waals surface area contributed by atoms with Crippen molar-refractivity contribution in [2.24, 2.45) is 5.10 Å². The third-order valence-corrected chi connectivity index (χ3v) is 5.46. The minimum absolute atomic E-state index is 0.0534. The van der Waals surface area contributed by atoms with Gasteiger partial charge in [0.15, 0.2) is 5.82 Å². The summed E-state index contributed by atoms with van der Waals surface area (Å²) in [7, 11) is 0. The molecule has 3 aromatic rings. The van der Waals surface area contributed by atoms with E-state index in [2.05, 4.69) is 20.1 Å². The van der Waals surface area contributed by atoms with Crippen LogP contribution < -0.4 is 0 Å². The zero-order chi connectivity index (χ0) is 21.9. The van der Waals surface area contributed by atoms with Gasteiger partial charge in [-0.15, -0.1) is 11.3 Å². The first-order valence-corrected chi connectivity index (χ1v) is 11.9. The number of aryl methyl sites for hydroxylation is 1. The van der Waals surface area contributed by atoms with Crippen LogP contribution in [-0.4, -0.2) is 36.7 Å². The lowest BCUT2D eigenvalue weighted by molar-refractivity contribution is 0.222. The first kappa shape index (κ1) is 23.7. The summed E-state index contributed by atoms with van der Waals surface area (Å²) in [4.78, 5) is 25.3. The molecule has 1 aliphatic rings. The van der Waals surface area contributed by atoms with Crippen molar-refractivity contribution in [1.82, 2.24) is 20.0 Å². The van der Waals surface area contributed by atoms with Crippen molar-refractivity contribution in [3.63, 3.8) is 0 Å². The summed E-state index contributed by atoms with van der Waals surface area (Å²) < 4.78 is 0. The third-order valence-electron chi connectivity index (χ3n) is 3.76. The van der Waals surface area contributed by atoms with E-state index < -0.39 is 0 Å². The van der Waals surface area contributed by atoms with E-state index in [-0.39, 0.29) is 5.24 Å². The molecular formula is C22H27N5OS2. The number of amides is 1. The summed E-state index contributed by atoms with van der Waals surface area (Å²) in [6.07, 6.45) is 5.34. The van der Waals surface area contributed by atoms with Gasteiger partial charge in [-0.1, -0.05) is 57.7 Å². The fourth-order valence-corrected chi connectivity index (χ4v) is 3.94. The number of benzene rings is 1. The largest absolute Gasteiger partial charge is 0.302 e. The lowest BCUT2D eigenvalue weighted by Crippen LogP contribution is -2.29. The second-order valence-electron chi connectivity index (χ2n) is 5.78. The summed E-state index contributed by atoms with van der Waals surface area (Å²) in [6.45, 7) is 10.4. The second-order valence-corrected chi connectivity index (χ2v) is 7.60. The van der Waals surface area contributed by atoms with Crippen molar-refractivity contribution in [3.8, 4) is 11.4 Å². The highest BCUT2D eigenvalue weighted by Gasteiger charge is 2.23. The van der Waals surface area contributed by atoms with Gasteiger partial charge in [0, 0.05) is 29.5 Å². The topological polar surface area (TPSA) is 71.3 Å². The molecule has 4 rings (SSSR count). The molecule has 0 aliphatic carbocycles. The smallest absolute Gasteiger partial charge is 0.260 e. The molecule has 1 aliphatic heterocycles. The molecule has 0 bridgehead atoms. The van der Waals surface area contributed by atoms with Crippen LogP contribution in [0.25, 0.3) is 11.4 Å². The Morgan fingerprint density at radius 2 is 1.80 bits per heavy atom. The zero-order valence-corrected chi connectivity index (χ0v) is 19.6. The molecule has 158 valence electrons. The van der Waals surface area contributed by atoms with Gasteiger partial charge >= 0.3 is 5.24 Å². The van der Waals surface area contributed by atoms with Crippen molar-refractivity contribution in [1.29, 1.82) is 0 Å². The van der Waals surface area contributed by atoms with E-state index >= 15 is 0 Å². The number of hydrazone groups is 1. The van der Waals surface area contributed by atoms with Crippen LogP contribution in [0.3, 0.4) is 0 Å². The van der Waals surface area contributed by atoms with Gasteiger partial charge in [0.05, 0.1) is 12.3 Å². The first-order valence-electron chi connectivity index (χ1n) is 9.98. The van der Waals surface area contributed by atoms with E-state index in [4.69, 9.17) is 0 Å². The summed E-state index contributed by atoms with van der Waals surface area (Å²) in [6, 6.07) is 7.88. The molecule has 3 heterocycles. The highest BCUT2D eigenvalue weighted by Crippen LogP contribution is 2.24. The monoisotopic (exact) mass is 441 g/mol. The first-order chi connectivity index (χ1) is 14.7. The van der Waals surface area contributed by atoms with Crippen molar-refractivity contribution >= 4 is 34.0 Å². The second kappa shape index (κ2) is 12.2. The molecule has 0 unspecified atom stereocenters. The summed E-state index contributed by atoms with van der Waals surface area (Å²) >= 11 is 2.78. The van der Waals surface area contributed by atoms with Gasteiger partial charge in [-0.25, -0.2) is 20.0 Å². The Hall–Kier alpha value is -2.58. The van der Waals surface area contributed by atoms with Crippen molar-refractivity contribution < 1.29 is 4.79 Å². The highest BCUT2D eigenvalue weighted by molar-refractivity contribution is 8.14. The van der Waals surface area contributed by atoms with E-state index in [9.17, 15) is 4.79 Å². The predicted octanol–water partition coefficient (Wildman–Crippen LogP) is 6.03. The van der Waals surface area contributed by atoms with Gasteiger partial charge in [-0.05, 0) is 24.1 Å². The lowest BCUT2D eigenvalue weighted by Gasteiger charge is -2.22. The minimum atomic E-state index is -0.0534. The molecule has 0 N–H and O–H groups in total. The Morgan fingerprint density at radius 3 is 2.47 bits per heavy atom. The summed E-state index contributed by atoms with van der Waals surface area (Å²) in [5.41, 5.74) is 3.75. The Labute approximate surface area is 186 Å². The number of nitrogens with zero attached hydrogens (tertiary/aromatic N) is 5. The molecule has 2 aromatic heterocycles. The van der Waals surface area contributed by atoms with E-state index in [0.29, 0.717) is 18.1 Å². The molecule has 6 nitrogen and oxygen atoms in total. The van der Waals surface area contributed by atoms with Gasteiger partial charge in [-0.2, -0.15) is 5.10 Å². The molecule has 0 saturated carbocycles. The predicted molar refractivity (Wildman–Crippen MR) is 127 cm³/mol. The Kier molecular flexibility index (Phi) is 9.63. The number of carbonyl (C=O) groups excluding carboxylic acids is 1. The maximum Gasteiger partial charge on any atom is 0.302 e. The van der Waals surface area contributed by atoms with Crippen LogP contribution in [0, 0.1) is 6.92 Å². The minimum Gasteiger partial charge on any atom is -0.260 e. The van der Waals surface area contributed by atoms with Gasteiger partial charge in [0.2, 0.25) is 0 Å². The van der Waals surface area contributed by atoms with Crippen LogP contribution in [0.15, 0.2) is 53.3 Å². The van der Waals surface area contributed by atoms with Crippen LogP contribution in [0.5, 0.6) is 0 Å².